The van der Waals surface area contributed by atoms with Gasteiger partial charge in [-0.15, -0.1) is 0 Å². The molecule has 0 aliphatic rings. The zero-order valence-corrected chi connectivity index (χ0v) is 7.56. The van der Waals surface area contributed by atoms with Crippen LogP contribution in [0.2, 0.25) is 0 Å². The second-order valence-electron chi connectivity index (χ2n) is 0.497. The molecule has 0 rings (SSSR count). The molecular weight excluding hydrogens is 168 g/mol. The Morgan fingerprint density at radius 2 is 1.22 bits per heavy atom. The van der Waals surface area contributed by atoms with Gasteiger partial charge >= 0.3 is 57.5 Å². The maximum atomic E-state index is 9.58. The van der Waals surface area contributed by atoms with Gasteiger partial charge in [0, 0.05) is 0 Å². The minimum atomic E-state index is -3.08. The van der Waals surface area contributed by atoms with E-state index in [0.29, 0.717) is 0 Å². The Balaban J connectivity index is -0.0000000720. The fourth-order valence-corrected chi connectivity index (χ4v) is 0. The summed E-state index contributed by atoms with van der Waals surface area (Å²) in [5.41, 5.74) is 0. The summed E-state index contributed by atoms with van der Waals surface area (Å²) in [4.78, 5) is 8.56. The third-order valence-corrected chi connectivity index (χ3v) is 0. The summed E-state index contributed by atoms with van der Waals surface area (Å²) < 4.78 is 28.8. The first-order chi connectivity index (χ1) is 3.46. The molecule has 0 unspecified atom stereocenters. The van der Waals surface area contributed by atoms with Crippen molar-refractivity contribution in [2.45, 2.75) is 0 Å². The molecule has 0 aromatic heterocycles. The number of carbonyl (C=O) groups is 1. The van der Waals surface area contributed by atoms with Crippen LogP contribution in [-0.2, 0) is 0 Å². The van der Waals surface area contributed by atoms with Gasteiger partial charge in [-0.1, -0.05) is 0 Å². The summed E-state index contributed by atoms with van der Waals surface area (Å²) in [6.45, 7) is -3.08. The largest absolute Gasteiger partial charge is 1.00 e. The topological polar surface area (TPSA) is 57.5 Å². The van der Waals surface area contributed by atoms with E-state index >= 15 is 0 Å². The van der Waals surface area contributed by atoms with E-state index in [4.69, 9.17) is 15.0 Å². The molecule has 3 nitrogen and oxygen atoms in total. The summed E-state index contributed by atoms with van der Waals surface area (Å²) in [5.74, 6) is 0. The van der Waals surface area contributed by atoms with Crippen LogP contribution in [0.1, 0.15) is 0 Å². The monoisotopic (exact) mass is 170 g/mol. The van der Waals surface area contributed by atoms with Gasteiger partial charge < -0.3 is 23.4 Å². The number of halogens is 3. The van der Waals surface area contributed by atoms with E-state index in [9.17, 15) is 13.2 Å². The Bertz CT molecular complexity index is 61.3. The van der Waals surface area contributed by atoms with Crippen LogP contribution >= 0.6 is 0 Å². The van der Waals surface area contributed by atoms with Crippen LogP contribution in [0.15, 0.2) is 0 Å². The van der Waals surface area contributed by atoms with Gasteiger partial charge in [-0.3, -0.25) is 0 Å². The Kier molecular flexibility index (Phi) is 20.9. The van der Waals surface area contributed by atoms with Gasteiger partial charge in [-0.25, -0.2) is 4.79 Å². The van der Waals surface area contributed by atoms with Crippen LogP contribution in [0.5, 0.6) is 0 Å². The summed E-state index contributed by atoms with van der Waals surface area (Å²) in [6, 6.07) is 0. The van der Waals surface area contributed by atoms with Crippen molar-refractivity contribution in [2.75, 3.05) is 0 Å². The van der Waals surface area contributed by atoms with Crippen molar-refractivity contribution >= 4 is 6.16 Å². The number of carboxylic acid groups (broad SMARTS) is 2. The molecule has 7 heteroatoms. The first kappa shape index (κ1) is 16.4. The molecular formula is C2H2F3KO3. The van der Waals surface area contributed by atoms with Gasteiger partial charge in [0.2, 0.25) is 0 Å². The Morgan fingerprint density at radius 1 is 1.22 bits per heavy atom. The van der Waals surface area contributed by atoms with Gasteiger partial charge in [0.1, 0.15) is 0 Å². The third-order valence-electron chi connectivity index (χ3n) is 0. The van der Waals surface area contributed by atoms with Crippen molar-refractivity contribution in [3.8, 4) is 0 Å². The van der Waals surface area contributed by atoms with E-state index in [1.165, 1.54) is 0 Å². The molecule has 0 aromatic carbocycles. The van der Waals surface area contributed by atoms with E-state index in [-0.39, 0.29) is 51.4 Å². The molecule has 0 heterocycles. The van der Waals surface area contributed by atoms with Gasteiger partial charge in [0.05, 0.1) is 0 Å². The summed E-state index contributed by atoms with van der Waals surface area (Å²) in [5, 5.41) is 13.9. The van der Waals surface area contributed by atoms with Crippen molar-refractivity contribution in [2.24, 2.45) is 0 Å². The van der Waals surface area contributed by atoms with Gasteiger partial charge in [-0.05, 0) is 0 Å². The molecule has 2 N–H and O–H groups in total. The maximum absolute atomic E-state index is 9.58. The minimum absolute atomic E-state index is 0. The molecule has 0 atom stereocenters. The zero-order chi connectivity index (χ0) is 7.15. The van der Waals surface area contributed by atoms with Crippen LogP contribution in [0, 0.1) is 6.68 Å². The fourth-order valence-electron chi connectivity index (χ4n) is 0. The van der Waals surface area contributed by atoms with E-state index < -0.39 is 12.8 Å². The number of hydrogen-bond donors (Lipinski definition) is 2. The Morgan fingerprint density at radius 3 is 1.22 bits per heavy atom. The molecule has 0 amide bonds. The van der Waals surface area contributed by atoms with Crippen molar-refractivity contribution in [3.05, 3.63) is 6.68 Å². The van der Waals surface area contributed by atoms with E-state index in [2.05, 4.69) is 0 Å². The Hall–Kier alpha value is 0.696. The smallest absolute Gasteiger partial charge is 0.450 e. The number of hydrogen-bond acceptors (Lipinski definition) is 1. The zero-order valence-electron chi connectivity index (χ0n) is 4.44. The summed E-state index contributed by atoms with van der Waals surface area (Å²) in [7, 11) is 0. The van der Waals surface area contributed by atoms with Crippen molar-refractivity contribution in [1.82, 2.24) is 0 Å². The molecule has 0 aliphatic carbocycles. The molecule has 0 saturated heterocycles. The summed E-state index contributed by atoms with van der Waals surface area (Å²) >= 11 is 0. The normalized spacial score (nSPS) is 6.67. The van der Waals surface area contributed by atoms with Crippen LogP contribution < -0.4 is 51.4 Å². The van der Waals surface area contributed by atoms with Crippen molar-refractivity contribution < 1.29 is 79.6 Å². The average molecular weight is 170 g/mol. The maximum Gasteiger partial charge on any atom is 1.00 e. The average Bonchev–Trinajstić information content (AvgIpc) is 1.25. The molecule has 9 heavy (non-hydrogen) atoms. The molecule has 0 saturated carbocycles. The van der Waals surface area contributed by atoms with Crippen molar-refractivity contribution in [3.63, 3.8) is 0 Å². The molecule has 50 valence electrons. The molecule has 0 radical (unpaired) electrons. The van der Waals surface area contributed by atoms with Crippen LogP contribution in [-0.4, -0.2) is 16.4 Å². The molecule has 0 spiro atoms. The minimum Gasteiger partial charge on any atom is -0.450 e. The van der Waals surface area contributed by atoms with Gasteiger partial charge in [-0.2, -0.15) is 0 Å². The van der Waals surface area contributed by atoms with Crippen LogP contribution in [0.4, 0.5) is 18.0 Å². The first-order valence-electron chi connectivity index (χ1n) is 1.22. The fraction of sp³-hybridized carbons (Fsp3) is 0. The SMILES string of the molecule is F[C-](F)F.O=C(O)O.[K+]. The predicted octanol–water partition coefficient (Wildman–Crippen LogP) is -1.43. The van der Waals surface area contributed by atoms with Crippen LogP contribution in [0.25, 0.3) is 0 Å². The van der Waals surface area contributed by atoms with E-state index in [1.807, 2.05) is 0 Å². The quantitative estimate of drug-likeness (QED) is 0.346. The Labute approximate surface area is 91.3 Å². The second-order valence-corrected chi connectivity index (χ2v) is 0.497. The van der Waals surface area contributed by atoms with E-state index in [1.54, 1.807) is 0 Å². The molecule has 0 bridgehead atoms. The van der Waals surface area contributed by atoms with Crippen molar-refractivity contribution in [1.29, 1.82) is 0 Å². The third kappa shape index (κ3) is 804. The molecule has 0 fully saturated rings. The predicted molar refractivity (Wildman–Crippen MR) is 17.2 cm³/mol. The molecule has 0 aliphatic heterocycles. The van der Waals surface area contributed by atoms with Gasteiger partial charge in [0.25, 0.3) is 0 Å². The van der Waals surface area contributed by atoms with Gasteiger partial charge in [0.15, 0.2) is 6.68 Å². The first-order valence-corrected chi connectivity index (χ1v) is 1.22. The second kappa shape index (κ2) is 11.5. The molecule has 0 aromatic rings. The van der Waals surface area contributed by atoms with E-state index in [0.717, 1.165) is 0 Å². The summed E-state index contributed by atoms with van der Waals surface area (Å²) in [6.07, 6.45) is -1.83. The number of rotatable bonds is 0. The van der Waals surface area contributed by atoms with Crippen LogP contribution in [0.3, 0.4) is 0 Å². The standard InChI is InChI=1S/CF3.CH2O3.K/c2*2-1(3)4;/h;(H2,2,3,4);/q-1;;+1.